The van der Waals surface area contributed by atoms with Gasteiger partial charge in [-0.25, -0.2) is 4.98 Å². The molecule has 0 saturated carbocycles. The summed E-state index contributed by atoms with van der Waals surface area (Å²) < 4.78 is 5.29. The zero-order valence-electron chi connectivity index (χ0n) is 13.0. The Balaban J connectivity index is 2.51. The molecule has 0 bridgehead atoms. The number of hydrogen-bond acceptors (Lipinski definition) is 4. The zero-order chi connectivity index (χ0) is 15.1. The Hall–Kier alpha value is -1.36. The Kier molecular flexibility index (Phi) is 6.71. The molecule has 1 amide bonds. The van der Waals surface area contributed by atoms with E-state index in [-0.39, 0.29) is 23.9 Å². The number of amides is 1. The second-order valence-corrected chi connectivity index (χ2v) is 5.71. The lowest BCUT2D eigenvalue weighted by Gasteiger charge is -2.12. The topological polar surface area (TPSA) is 81.2 Å². The molecule has 3 N–H and O–H groups in total. The number of nitrogens with one attached hydrogen (secondary N) is 1. The van der Waals surface area contributed by atoms with Gasteiger partial charge in [-0.3, -0.25) is 4.79 Å². The molecule has 0 fully saturated rings. The highest BCUT2D eigenvalue weighted by molar-refractivity contribution is 5.92. The fraction of sp³-hybridized carbons (Fsp3) is 0.733. The van der Waals surface area contributed by atoms with Crippen molar-refractivity contribution in [1.82, 2.24) is 10.3 Å². The van der Waals surface area contributed by atoms with Crippen LogP contribution in [0.1, 0.15) is 75.8 Å². The van der Waals surface area contributed by atoms with Gasteiger partial charge in [-0.15, -0.1) is 0 Å². The van der Waals surface area contributed by atoms with E-state index in [1.54, 1.807) is 0 Å². The Morgan fingerprint density at radius 2 is 2.10 bits per heavy atom. The molecule has 5 heteroatoms. The molecule has 0 saturated heterocycles. The summed E-state index contributed by atoms with van der Waals surface area (Å²) in [6, 6.07) is -0.133. The van der Waals surface area contributed by atoms with Crippen LogP contribution >= 0.6 is 0 Å². The molecule has 2 unspecified atom stereocenters. The molecule has 0 spiro atoms. The maximum Gasteiger partial charge on any atom is 0.273 e. The first-order valence-electron chi connectivity index (χ1n) is 7.47. The van der Waals surface area contributed by atoms with Gasteiger partial charge in [0.05, 0.1) is 6.04 Å². The van der Waals surface area contributed by atoms with E-state index in [1.165, 1.54) is 19.1 Å². The van der Waals surface area contributed by atoms with Crippen molar-refractivity contribution < 1.29 is 9.21 Å². The molecule has 1 heterocycles. The van der Waals surface area contributed by atoms with Crippen LogP contribution in [0.5, 0.6) is 0 Å². The fourth-order valence-corrected chi connectivity index (χ4v) is 1.90. The highest BCUT2D eigenvalue weighted by Crippen LogP contribution is 2.18. The summed E-state index contributed by atoms with van der Waals surface area (Å²) in [5.41, 5.74) is 6.25. The monoisotopic (exact) mass is 281 g/mol. The fourth-order valence-electron chi connectivity index (χ4n) is 1.90. The van der Waals surface area contributed by atoms with Gasteiger partial charge in [-0.2, -0.15) is 0 Å². The number of aromatic nitrogens is 1. The first kappa shape index (κ1) is 16.7. The second-order valence-electron chi connectivity index (χ2n) is 5.71. The SMILES string of the molecule is CCCCCC(C)NC(=O)c1coc(C(N)C(C)C)n1. The van der Waals surface area contributed by atoms with Gasteiger partial charge in [0.25, 0.3) is 5.91 Å². The molecule has 0 aliphatic heterocycles. The summed E-state index contributed by atoms with van der Waals surface area (Å²) in [6.45, 7) is 8.15. The van der Waals surface area contributed by atoms with Gasteiger partial charge >= 0.3 is 0 Å². The highest BCUT2D eigenvalue weighted by Gasteiger charge is 2.20. The van der Waals surface area contributed by atoms with E-state index < -0.39 is 0 Å². The molecule has 5 nitrogen and oxygen atoms in total. The molecule has 0 aromatic carbocycles. The van der Waals surface area contributed by atoms with Crippen molar-refractivity contribution in [2.24, 2.45) is 11.7 Å². The maximum absolute atomic E-state index is 12.0. The van der Waals surface area contributed by atoms with E-state index in [0.717, 1.165) is 12.8 Å². The Labute approximate surface area is 121 Å². The van der Waals surface area contributed by atoms with Crippen LogP contribution in [0.3, 0.4) is 0 Å². The summed E-state index contributed by atoms with van der Waals surface area (Å²) >= 11 is 0. The predicted octanol–water partition coefficient (Wildman–Crippen LogP) is 3.03. The molecule has 1 rings (SSSR count). The number of unbranched alkanes of at least 4 members (excludes halogenated alkanes) is 2. The van der Waals surface area contributed by atoms with Crippen LogP contribution in [0.25, 0.3) is 0 Å². The minimum Gasteiger partial charge on any atom is -0.446 e. The molecular formula is C15H27N3O2. The number of nitrogens with two attached hydrogens (primary N) is 1. The van der Waals surface area contributed by atoms with Gasteiger partial charge in [0, 0.05) is 6.04 Å². The number of hydrogen-bond donors (Lipinski definition) is 2. The summed E-state index contributed by atoms with van der Waals surface area (Å²) in [6.07, 6.45) is 5.86. The summed E-state index contributed by atoms with van der Waals surface area (Å²) in [4.78, 5) is 16.2. The first-order chi connectivity index (χ1) is 9.45. The average Bonchev–Trinajstić information content (AvgIpc) is 2.87. The van der Waals surface area contributed by atoms with Gasteiger partial charge in [-0.1, -0.05) is 40.0 Å². The lowest BCUT2D eigenvalue weighted by molar-refractivity contribution is 0.0933. The van der Waals surface area contributed by atoms with Gasteiger partial charge in [0.15, 0.2) is 5.69 Å². The number of nitrogens with zero attached hydrogens (tertiary/aromatic N) is 1. The normalized spacial score (nSPS) is 14.3. The molecular weight excluding hydrogens is 254 g/mol. The number of carbonyl (C=O) groups is 1. The molecule has 1 aromatic heterocycles. The van der Waals surface area contributed by atoms with Gasteiger partial charge in [0.2, 0.25) is 5.89 Å². The van der Waals surface area contributed by atoms with Crippen molar-refractivity contribution in [3.8, 4) is 0 Å². The molecule has 0 aliphatic rings. The van der Waals surface area contributed by atoms with E-state index >= 15 is 0 Å². The van der Waals surface area contributed by atoms with Gasteiger partial charge in [-0.05, 0) is 19.3 Å². The average molecular weight is 281 g/mol. The quantitative estimate of drug-likeness (QED) is 0.718. The Morgan fingerprint density at radius 1 is 1.40 bits per heavy atom. The maximum atomic E-state index is 12.0. The van der Waals surface area contributed by atoms with Crippen LogP contribution in [0.15, 0.2) is 10.7 Å². The van der Waals surface area contributed by atoms with E-state index in [1.807, 2.05) is 20.8 Å². The number of oxazole rings is 1. The summed E-state index contributed by atoms with van der Waals surface area (Å²) in [5, 5.41) is 2.93. The van der Waals surface area contributed by atoms with Crippen LogP contribution in [0.4, 0.5) is 0 Å². The van der Waals surface area contributed by atoms with E-state index in [0.29, 0.717) is 11.6 Å². The van der Waals surface area contributed by atoms with Crippen molar-refractivity contribution in [2.75, 3.05) is 0 Å². The third-order valence-electron chi connectivity index (χ3n) is 3.38. The lowest BCUT2D eigenvalue weighted by atomic mass is 10.1. The standard InChI is InChI=1S/C15H27N3O2/c1-5-6-7-8-11(4)17-14(19)12-9-20-15(18-12)13(16)10(2)3/h9-11,13H,5-8,16H2,1-4H3,(H,17,19). The molecule has 20 heavy (non-hydrogen) atoms. The molecule has 0 aliphatic carbocycles. The molecule has 114 valence electrons. The van der Waals surface area contributed by atoms with Crippen molar-refractivity contribution in [3.63, 3.8) is 0 Å². The van der Waals surface area contributed by atoms with Crippen LogP contribution in [0.2, 0.25) is 0 Å². The van der Waals surface area contributed by atoms with Crippen molar-refractivity contribution in [1.29, 1.82) is 0 Å². The number of carbonyl (C=O) groups excluding carboxylic acids is 1. The van der Waals surface area contributed by atoms with Crippen LogP contribution in [-0.2, 0) is 0 Å². The van der Waals surface area contributed by atoms with Gasteiger partial charge in [0.1, 0.15) is 6.26 Å². The van der Waals surface area contributed by atoms with Crippen LogP contribution < -0.4 is 11.1 Å². The summed E-state index contributed by atoms with van der Waals surface area (Å²) in [7, 11) is 0. The Morgan fingerprint density at radius 3 is 2.70 bits per heavy atom. The van der Waals surface area contributed by atoms with Gasteiger partial charge < -0.3 is 15.5 Å². The van der Waals surface area contributed by atoms with E-state index in [4.69, 9.17) is 10.2 Å². The van der Waals surface area contributed by atoms with Crippen LogP contribution in [0, 0.1) is 5.92 Å². The highest BCUT2D eigenvalue weighted by atomic mass is 16.3. The summed E-state index contributed by atoms with van der Waals surface area (Å²) in [5.74, 6) is 0.446. The minimum atomic E-state index is -0.279. The third kappa shape index (κ3) is 4.96. The van der Waals surface area contributed by atoms with E-state index in [2.05, 4.69) is 17.2 Å². The zero-order valence-corrected chi connectivity index (χ0v) is 13.0. The predicted molar refractivity (Wildman–Crippen MR) is 79.3 cm³/mol. The second kappa shape index (κ2) is 8.04. The molecule has 2 atom stereocenters. The van der Waals surface area contributed by atoms with Crippen molar-refractivity contribution in [2.45, 2.75) is 65.5 Å². The first-order valence-corrected chi connectivity index (χ1v) is 7.47. The third-order valence-corrected chi connectivity index (χ3v) is 3.38. The largest absolute Gasteiger partial charge is 0.446 e. The van der Waals surface area contributed by atoms with Crippen molar-refractivity contribution >= 4 is 5.91 Å². The lowest BCUT2D eigenvalue weighted by Crippen LogP contribution is -2.32. The smallest absolute Gasteiger partial charge is 0.273 e. The van der Waals surface area contributed by atoms with Crippen LogP contribution in [-0.4, -0.2) is 16.9 Å². The molecule has 1 aromatic rings. The minimum absolute atomic E-state index is 0.146. The molecule has 0 radical (unpaired) electrons. The Bertz CT molecular complexity index is 415. The van der Waals surface area contributed by atoms with Crippen molar-refractivity contribution in [3.05, 3.63) is 17.8 Å². The number of rotatable bonds is 8. The van der Waals surface area contributed by atoms with E-state index in [9.17, 15) is 4.79 Å².